The molecule has 0 amide bonds. The van der Waals surface area contributed by atoms with E-state index in [4.69, 9.17) is 31.2 Å². The SMILES string of the molecule is C=CCOC(=O)[C@H]1[C@@H]2NC(=S)N(c3ccccc3OC)[C@]1(C)Oc1c(OC)cccc12. The van der Waals surface area contributed by atoms with Crippen LogP contribution in [0, 0.1) is 5.92 Å². The van der Waals surface area contributed by atoms with Gasteiger partial charge in [0, 0.05) is 5.56 Å². The Bertz CT molecular complexity index is 1040. The van der Waals surface area contributed by atoms with E-state index >= 15 is 0 Å². The van der Waals surface area contributed by atoms with Crippen LogP contribution in [-0.2, 0) is 9.53 Å². The maximum atomic E-state index is 13.3. The molecule has 0 aromatic heterocycles. The van der Waals surface area contributed by atoms with Crippen molar-refractivity contribution in [1.29, 1.82) is 0 Å². The summed E-state index contributed by atoms with van der Waals surface area (Å²) in [5, 5.41) is 3.74. The molecular weight excluding hydrogens is 416 g/mol. The molecule has 31 heavy (non-hydrogen) atoms. The first-order valence-corrected chi connectivity index (χ1v) is 10.2. The van der Waals surface area contributed by atoms with E-state index in [1.54, 1.807) is 19.1 Å². The van der Waals surface area contributed by atoms with Crippen LogP contribution in [0.5, 0.6) is 17.2 Å². The van der Waals surface area contributed by atoms with Gasteiger partial charge in [-0.05, 0) is 37.3 Å². The second-order valence-corrected chi connectivity index (χ2v) is 7.75. The number of hydrogen-bond acceptors (Lipinski definition) is 6. The predicted molar refractivity (Wildman–Crippen MR) is 121 cm³/mol. The summed E-state index contributed by atoms with van der Waals surface area (Å²) in [6, 6.07) is 12.5. The lowest BCUT2D eigenvalue weighted by Crippen LogP contribution is -2.71. The Morgan fingerprint density at radius 2 is 1.94 bits per heavy atom. The lowest BCUT2D eigenvalue weighted by Gasteiger charge is -2.55. The molecule has 3 atom stereocenters. The Labute approximate surface area is 186 Å². The van der Waals surface area contributed by atoms with E-state index in [1.807, 2.05) is 49.4 Å². The molecule has 2 aromatic carbocycles. The van der Waals surface area contributed by atoms with Crippen molar-refractivity contribution in [3.63, 3.8) is 0 Å². The number of nitrogens with zero attached hydrogens (tertiary/aromatic N) is 1. The number of rotatable bonds is 6. The fourth-order valence-electron chi connectivity index (χ4n) is 4.30. The largest absolute Gasteiger partial charge is 0.495 e. The molecule has 1 fully saturated rings. The minimum atomic E-state index is -1.21. The van der Waals surface area contributed by atoms with Crippen molar-refractivity contribution >= 4 is 29.0 Å². The predicted octanol–water partition coefficient (Wildman–Crippen LogP) is 3.59. The molecular formula is C23H24N2O5S. The number of benzene rings is 2. The first-order chi connectivity index (χ1) is 15.0. The first kappa shape index (κ1) is 21.0. The normalized spacial score (nSPS) is 23.7. The van der Waals surface area contributed by atoms with Crippen LogP contribution in [-0.4, -0.2) is 37.6 Å². The first-order valence-electron chi connectivity index (χ1n) is 9.83. The Kier molecular flexibility index (Phi) is 5.49. The van der Waals surface area contributed by atoms with Gasteiger partial charge in [0.1, 0.15) is 18.3 Å². The van der Waals surface area contributed by atoms with Crippen molar-refractivity contribution in [2.45, 2.75) is 18.7 Å². The third-order valence-electron chi connectivity index (χ3n) is 5.63. The number of carbonyl (C=O) groups is 1. The molecule has 162 valence electrons. The van der Waals surface area contributed by atoms with Gasteiger partial charge >= 0.3 is 5.97 Å². The fourth-order valence-corrected chi connectivity index (χ4v) is 4.71. The van der Waals surface area contributed by atoms with Crippen molar-refractivity contribution in [2.24, 2.45) is 5.92 Å². The second-order valence-electron chi connectivity index (χ2n) is 7.37. The van der Waals surface area contributed by atoms with E-state index < -0.39 is 23.7 Å². The monoisotopic (exact) mass is 440 g/mol. The van der Waals surface area contributed by atoms with Crippen molar-refractivity contribution in [2.75, 3.05) is 25.7 Å². The van der Waals surface area contributed by atoms with E-state index in [2.05, 4.69) is 11.9 Å². The van der Waals surface area contributed by atoms with E-state index in [0.29, 0.717) is 28.0 Å². The number of fused-ring (bicyclic) bond motifs is 4. The highest BCUT2D eigenvalue weighted by Gasteiger charge is 2.60. The number of thiocarbonyl (C=S) groups is 1. The van der Waals surface area contributed by atoms with Crippen LogP contribution in [0.3, 0.4) is 0 Å². The Morgan fingerprint density at radius 3 is 2.65 bits per heavy atom. The Morgan fingerprint density at radius 1 is 1.23 bits per heavy atom. The molecule has 0 saturated carbocycles. The van der Waals surface area contributed by atoms with Gasteiger partial charge in [-0.2, -0.15) is 0 Å². The van der Waals surface area contributed by atoms with E-state index in [-0.39, 0.29) is 6.61 Å². The van der Waals surface area contributed by atoms with Gasteiger partial charge in [-0.25, -0.2) is 0 Å². The number of carbonyl (C=O) groups excluding carboxylic acids is 1. The molecule has 4 rings (SSSR count). The van der Waals surface area contributed by atoms with E-state index in [9.17, 15) is 4.79 Å². The van der Waals surface area contributed by atoms with Crippen LogP contribution in [0.25, 0.3) is 0 Å². The quantitative estimate of drug-likeness (QED) is 0.415. The summed E-state index contributed by atoms with van der Waals surface area (Å²) in [5.74, 6) is 0.569. The highest BCUT2D eigenvalue weighted by Crippen LogP contribution is 2.53. The molecule has 0 spiro atoms. The maximum Gasteiger partial charge on any atom is 0.317 e. The van der Waals surface area contributed by atoms with E-state index in [0.717, 1.165) is 5.56 Å². The topological polar surface area (TPSA) is 69.3 Å². The summed E-state index contributed by atoms with van der Waals surface area (Å²) in [7, 11) is 3.16. The number of nitrogens with one attached hydrogen (secondary N) is 1. The number of anilines is 1. The smallest absolute Gasteiger partial charge is 0.317 e. The minimum Gasteiger partial charge on any atom is -0.495 e. The summed E-state index contributed by atoms with van der Waals surface area (Å²) in [5.41, 5.74) is 0.240. The highest BCUT2D eigenvalue weighted by molar-refractivity contribution is 7.80. The second kappa shape index (κ2) is 8.11. The minimum absolute atomic E-state index is 0.0994. The van der Waals surface area contributed by atoms with Crippen molar-refractivity contribution < 1.29 is 23.7 Å². The summed E-state index contributed by atoms with van der Waals surface area (Å²) in [4.78, 5) is 15.0. The van der Waals surface area contributed by atoms with Gasteiger partial charge in [0.05, 0.1) is 25.9 Å². The van der Waals surface area contributed by atoms with Crippen LogP contribution in [0.2, 0.25) is 0 Å². The number of hydrogen-bond donors (Lipinski definition) is 1. The van der Waals surface area contributed by atoms with Crippen LogP contribution >= 0.6 is 12.2 Å². The van der Waals surface area contributed by atoms with Gasteiger partial charge in [0.15, 0.2) is 16.6 Å². The highest BCUT2D eigenvalue weighted by atomic mass is 32.1. The van der Waals surface area contributed by atoms with Crippen LogP contribution in [0.4, 0.5) is 5.69 Å². The standard InChI is InChI=1S/C23H24N2O5S/c1-5-13-29-21(26)18-19-14-9-8-12-17(28-4)20(14)30-23(18,2)25(22(31)24-19)15-10-6-7-11-16(15)27-3/h5-12,18-19H,1,13H2,2-4H3,(H,24,31)/t18-,19-,23-/m1/s1. The molecule has 0 unspecified atom stereocenters. The molecule has 2 aliphatic rings. The average molecular weight is 441 g/mol. The molecule has 0 radical (unpaired) electrons. The van der Waals surface area contributed by atoms with Crippen molar-refractivity contribution in [3.05, 3.63) is 60.7 Å². The summed E-state index contributed by atoms with van der Waals surface area (Å²) < 4.78 is 23.1. The van der Waals surface area contributed by atoms with Crippen LogP contribution in [0.1, 0.15) is 18.5 Å². The van der Waals surface area contributed by atoms with Gasteiger partial charge in [-0.3, -0.25) is 9.69 Å². The molecule has 7 nitrogen and oxygen atoms in total. The molecule has 2 aliphatic heterocycles. The number of methoxy groups -OCH3 is 2. The lowest BCUT2D eigenvalue weighted by molar-refractivity contribution is -0.159. The summed E-state index contributed by atoms with van der Waals surface area (Å²) >= 11 is 5.74. The fraction of sp³-hybridized carbons (Fsp3) is 0.304. The van der Waals surface area contributed by atoms with Gasteiger partial charge in [-0.15, -0.1) is 0 Å². The molecule has 0 aliphatic carbocycles. The third kappa shape index (κ3) is 3.27. The Hall–Kier alpha value is -3.26. The summed E-state index contributed by atoms with van der Waals surface area (Å²) in [6.07, 6.45) is 1.53. The van der Waals surface area contributed by atoms with Gasteiger partial charge in [-0.1, -0.05) is 36.9 Å². The van der Waals surface area contributed by atoms with Crippen molar-refractivity contribution in [1.82, 2.24) is 5.32 Å². The zero-order valence-corrected chi connectivity index (χ0v) is 18.4. The lowest BCUT2D eigenvalue weighted by atomic mass is 9.79. The number of esters is 1. The molecule has 2 heterocycles. The zero-order chi connectivity index (χ0) is 22.2. The van der Waals surface area contributed by atoms with Crippen LogP contribution in [0.15, 0.2) is 55.1 Å². The van der Waals surface area contributed by atoms with Crippen molar-refractivity contribution in [3.8, 4) is 17.2 Å². The zero-order valence-electron chi connectivity index (χ0n) is 17.6. The van der Waals surface area contributed by atoms with Gasteiger partial charge < -0.3 is 24.3 Å². The number of para-hydroxylation sites is 3. The molecule has 2 aromatic rings. The molecule has 1 N–H and O–H groups in total. The Balaban J connectivity index is 1.92. The molecule has 2 bridgehead atoms. The summed E-state index contributed by atoms with van der Waals surface area (Å²) in [6.45, 7) is 5.56. The van der Waals surface area contributed by atoms with Gasteiger partial charge in [0.25, 0.3) is 0 Å². The number of ether oxygens (including phenoxy) is 4. The van der Waals surface area contributed by atoms with E-state index in [1.165, 1.54) is 6.08 Å². The average Bonchev–Trinajstić information content (AvgIpc) is 2.76. The third-order valence-corrected chi connectivity index (χ3v) is 5.93. The maximum absolute atomic E-state index is 13.3. The van der Waals surface area contributed by atoms with Gasteiger partial charge in [0.2, 0.25) is 5.72 Å². The molecule has 8 heteroatoms. The molecule has 1 saturated heterocycles. The van der Waals surface area contributed by atoms with Crippen LogP contribution < -0.4 is 24.4 Å².